The highest BCUT2D eigenvalue weighted by Crippen LogP contribution is 2.29. The molecule has 2 rings (SSSR count). The Bertz CT molecular complexity index is 790. The first-order valence-corrected chi connectivity index (χ1v) is 9.73. The molecule has 2 N–H and O–H groups in total. The Kier molecular flexibility index (Phi) is 8.09. The van der Waals surface area contributed by atoms with Gasteiger partial charge < -0.3 is 15.2 Å². The molecule has 29 heavy (non-hydrogen) atoms. The lowest BCUT2D eigenvalue weighted by Crippen LogP contribution is -2.48. The molecule has 0 saturated carbocycles. The number of halogens is 4. The van der Waals surface area contributed by atoms with Crippen LogP contribution < -0.4 is 16.2 Å². The van der Waals surface area contributed by atoms with Gasteiger partial charge >= 0.3 is 6.18 Å². The number of alkyl halides is 3. The number of nitrogens with one attached hydrogen (secondary N) is 2. The fraction of sp³-hybridized carbons (Fsp3) is 0.611. The van der Waals surface area contributed by atoms with E-state index in [1.165, 1.54) is 0 Å². The van der Waals surface area contributed by atoms with Crippen LogP contribution in [0.25, 0.3) is 0 Å². The minimum Gasteiger partial charge on any atom is -0.355 e. The van der Waals surface area contributed by atoms with Crippen LogP contribution in [0.15, 0.2) is 17.1 Å². The fourth-order valence-electron chi connectivity index (χ4n) is 3.06. The van der Waals surface area contributed by atoms with E-state index in [2.05, 4.69) is 10.6 Å². The molecule has 162 valence electrons. The molecule has 1 saturated heterocycles. The van der Waals surface area contributed by atoms with Crippen molar-refractivity contribution in [2.24, 2.45) is 0 Å². The van der Waals surface area contributed by atoms with Crippen LogP contribution in [0.3, 0.4) is 0 Å². The molecule has 0 spiro atoms. The summed E-state index contributed by atoms with van der Waals surface area (Å²) in [6.45, 7) is 3.56. The second-order valence-corrected chi connectivity index (χ2v) is 7.38. The molecule has 1 fully saturated rings. The molecule has 2 heterocycles. The van der Waals surface area contributed by atoms with Crippen molar-refractivity contribution in [3.63, 3.8) is 0 Å². The summed E-state index contributed by atoms with van der Waals surface area (Å²) in [5.74, 6) is -0.614. The van der Waals surface area contributed by atoms with Crippen LogP contribution >= 0.6 is 11.6 Å². The SMILES string of the molecule is CCCNC(=O)CN1CCC(NC(=O)Cn2cc(C(F)(F)F)cc(Cl)c2=O)CC1. The zero-order valence-electron chi connectivity index (χ0n) is 16.0. The van der Waals surface area contributed by atoms with Crippen LogP contribution in [-0.4, -0.2) is 53.5 Å². The number of nitrogens with zero attached hydrogens (tertiary/aromatic N) is 2. The van der Waals surface area contributed by atoms with Crippen molar-refractivity contribution >= 4 is 23.4 Å². The quantitative estimate of drug-likeness (QED) is 0.680. The number of carbonyl (C=O) groups excluding carboxylic acids is 2. The van der Waals surface area contributed by atoms with Gasteiger partial charge in [-0.3, -0.25) is 19.3 Å². The molecular weight excluding hydrogens is 413 g/mol. The zero-order valence-corrected chi connectivity index (χ0v) is 16.8. The third-order valence-electron chi connectivity index (χ3n) is 4.58. The van der Waals surface area contributed by atoms with Gasteiger partial charge in [0.15, 0.2) is 0 Å². The Hall–Kier alpha value is -2.07. The van der Waals surface area contributed by atoms with Gasteiger partial charge in [-0.2, -0.15) is 13.2 Å². The first kappa shape index (κ1) is 23.2. The molecule has 0 unspecified atom stereocenters. The summed E-state index contributed by atoms with van der Waals surface area (Å²) in [5.41, 5.74) is -1.95. The maximum Gasteiger partial charge on any atom is 0.417 e. The van der Waals surface area contributed by atoms with E-state index >= 15 is 0 Å². The van der Waals surface area contributed by atoms with Crippen LogP contribution in [0.4, 0.5) is 13.2 Å². The topological polar surface area (TPSA) is 83.4 Å². The van der Waals surface area contributed by atoms with Gasteiger partial charge in [-0.1, -0.05) is 18.5 Å². The zero-order chi connectivity index (χ0) is 21.6. The van der Waals surface area contributed by atoms with E-state index in [-0.39, 0.29) is 11.9 Å². The van der Waals surface area contributed by atoms with Gasteiger partial charge in [-0.05, 0) is 25.3 Å². The molecule has 0 atom stereocenters. The number of amides is 2. The average molecular weight is 437 g/mol. The number of hydrogen-bond acceptors (Lipinski definition) is 4. The van der Waals surface area contributed by atoms with Crippen LogP contribution in [0.5, 0.6) is 0 Å². The van der Waals surface area contributed by atoms with Crippen molar-refractivity contribution in [3.8, 4) is 0 Å². The van der Waals surface area contributed by atoms with Crippen LogP contribution in [0, 0.1) is 0 Å². The third-order valence-corrected chi connectivity index (χ3v) is 4.85. The van der Waals surface area contributed by atoms with E-state index in [4.69, 9.17) is 11.6 Å². The van der Waals surface area contributed by atoms with E-state index in [1.807, 2.05) is 11.8 Å². The number of carbonyl (C=O) groups is 2. The molecule has 0 aliphatic carbocycles. The Morgan fingerprint density at radius 2 is 1.86 bits per heavy atom. The number of piperidine rings is 1. The molecule has 0 aromatic carbocycles. The molecule has 1 aliphatic heterocycles. The van der Waals surface area contributed by atoms with E-state index in [9.17, 15) is 27.6 Å². The number of rotatable bonds is 7. The van der Waals surface area contributed by atoms with Crippen molar-refractivity contribution in [3.05, 3.63) is 33.2 Å². The van der Waals surface area contributed by atoms with E-state index in [1.54, 1.807) is 0 Å². The maximum atomic E-state index is 12.9. The number of hydrogen-bond donors (Lipinski definition) is 2. The summed E-state index contributed by atoms with van der Waals surface area (Å²) < 4.78 is 39.3. The van der Waals surface area contributed by atoms with Gasteiger partial charge in [0.2, 0.25) is 11.8 Å². The Balaban J connectivity index is 1.87. The average Bonchev–Trinajstić information content (AvgIpc) is 2.64. The van der Waals surface area contributed by atoms with Crippen LogP contribution in [-0.2, 0) is 22.3 Å². The van der Waals surface area contributed by atoms with Gasteiger partial charge in [-0.15, -0.1) is 0 Å². The molecule has 1 aliphatic rings. The molecule has 0 bridgehead atoms. The molecule has 2 amide bonds. The standard InChI is InChI=1S/C18H24ClF3N4O3/c1-2-5-23-15(27)10-25-6-3-13(4-7-25)24-16(28)11-26-9-12(18(20,21)22)8-14(19)17(26)29/h8-9,13H,2-7,10-11H2,1H3,(H,23,27)(H,24,28). The predicted octanol–water partition coefficient (Wildman–Crippen LogP) is 1.63. The molecule has 1 aromatic heterocycles. The summed E-state index contributed by atoms with van der Waals surface area (Å²) in [6.07, 6.45) is -2.02. The molecular formula is C18H24ClF3N4O3. The number of likely N-dealkylation sites (tertiary alicyclic amines) is 1. The highest BCUT2D eigenvalue weighted by Gasteiger charge is 2.32. The van der Waals surface area contributed by atoms with Crippen LogP contribution in [0.1, 0.15) is 31.7 Å². The first-order chi connectivity index (χ1) is 13.6. The Morgan fingerprint density at radius 3 is 2.45 bits per heavy atom. The monoisotopic (exact) mass is 436 g/mol. The van der Waals surface area contributed by atoms with Crippen molar-refractivity contribution in [1.82, 2.24) is 20.1 Å². The predicted molar refractivity (Wildman–Crippen MR) is 102 cm³/mol. The molecule has 0 radical (unpaired) electrons. The van der Waals surface area contributed by atoms with Crippen molar-refractivity contribution in [2.75, 3.05) is 26.2 Å². The minimum atomic E-state index is -4.67. The summed E-state index contributed by atoms with van der Waals surface area (Å²) in [4.78, 5) is 37.9. The van der Waals surface area contributed by atoms with Gasteiger partial charge in [0, 0.05) is 31.9 Å². The van der Waals surface area contributed by atoms with Crippen molar-refractivity contribution in [2.45, 2.75) is 44.9 Å². The summed E-state index contributed by atoms with van der Waals surface area (Å²) in [5, 5.41) is 4.94. The second-order valence-electron chi connectivity index (χ2n) is 6.98. The van der Waals surface area contributed by atoms with Gasteiger partial charge in [0.1, 0.15) is 11.6 Å². The largest absolute Gasteiger partial charge is 0.417 e. The smallest absolute Gasteiger partial charge is 0.355 e. The highest BCUT2D eigenvalue weighted by molar-refractivity contribution is 6.30. The molecule has 1 aromatic rings. The highest BCUT2D eigenvalue weighted by atomic mass is 35.5. The number of pyridine rings is 1. The molecule has 7 nitrogen and oxygen atoms in total. The van der Waals surface area contributed by atoms with Crippen LogP contribution in [0.2, 0.25) is 5.02 Å². The minimum absolute atomic E-state index is 0.0462. The summed E-state index contributed by atoms with van der Waals surface area (Å²) in [7, 11) is 0. The summed E-state index contributed by atoms with van der Waals surface area (Å²) >= 11 is 5.59. The lowest BCUT2D eigenvalue weighted by Gasteiger charge is -2.31. The van der Waals surface area contributed by atoms with Crippen molar-refractivity contribution in [1.29, 1.82) is 0 Å². The maximum absolute atomic E-state index is 12.9. The Morgan fingerprint density at radius 1 is 1.21 bits per heavy atom. The lowest BCUT2D eigenvalue weighted by molar-refractivity contribution is -0.138. The van der Waals surface area contributed by atoms with E-state index in [0.717, 1.165) is 6.42 Å². The van der Waals surface area contributed by atoms with Gasteiger partial charge in [0.25, 0.3) is 5.56 Å². The lowest BCUT2D eigenvalue weighted by atomic mass is 10.0. The van der Waals surface area contributed by atoms with Gasteiger partial charge in [-0.25, -0.2) is 0 Å². The second kappa shape index (κ2) is 10.1. The third kappa shape index (κ3) is 7.04. The Labute approximate surface area is 171 Å². The van der Waals surface area contributed by atoms with E-state index < -0.39 is 34.8 Å². The number of aromatic nitrogens is 1. The first-order valence-electron chi connectivity index (χ1n) is 9.35. The normalized spacial score (nSPS) is 15.9. The molecule has 11 heteroatoms. The fourth-order valence-corrected chi connectivity index (χ4v) is 3.28. The summed E-state index contributed by atoms with van der Waals surface area (Å²) in [6, 6.07) is 0.374. The van der Waals surface area contributed by atoms with E-state index in [0.29, 0.717) is 55.9 Å². The van der Waals surface area contributed by atoms with Crippen molar-refractivity contribution < 1.29 is 22.8 Å². The van der Waals surface area contributed by atoms with Gasteiger partial charge in [0.05, 0.1) is 12.1 Å².